The van der Waals surface area contributed by atoms with Crippen LogP contribution in [0.5, 0.6) is 0 Å². The highest BCUT2D eigenvalue weighted by Gasteiger charge is 2.17. The van der Waals surface area contributed by atoms with Gasteiger partial charge in [0, 0.05) is 11.8 Å². The van der Waals surface area contributed by atoms with Gasteiger partial charge in [0.1, 0.15) is 16.3 Å². The van der Waals surface area contributed by atoms with Crippen molar-refractivity contribution in [2.75, 3.05) is 17.7 Å². The molecule has 0 aliphatic rings. The number of hydrogen-bond acceptors (Lipinski definition) is 8. The number of nitrogens with zero attached hydrogens (tertiary/aromatic N) is 3. The lowest BCUT2D eigenvalue weighted by Crippen LogP contribution is -2.26. The normalized spacial score (nSPS) is 12.6. The number of aliphatic hydroxyl groups excluding tert-OH is 1. The molecule has 1 atom stereocenters. The first-order chi connectivity index (χ1) is 13.3. The van der Waals surface area contributed by atoms with Gasteiger partial charge in [-0.25, -0.2) is 23.7 Å². The molecule has 2 heterocycles. The first-order valence-electron chi connectivity index (χ1n) is 8.73. The number of fused-ring (bicyclic) bond motifs is 1. The van der Waals surface area contributed by atoms with Gasteiger partial charge < -0.3 is 16.2 Å². The SMILES string of the molecule is CC(C)CC(CO)Nc1nc(SCc2cc(F)cc(F)c2)nc2nc(N)sc12. The lowest BCUT2D eigenvalue weighted by Gasteiger charge is -2.19. The number of nitrogen functional groups attached to an aromatic ring is 1. The number of halogens is 2. The third-order valence-electron chi connectivity index (χ3n) is 3.86. The van der Waals surface area contributed by atoms with Crippen LogP contribution < -0.4 is 11.1 Å². The van der Waals surface area contributed by atoms with Gasteiger partial charge in [0.2, 0.25) is 0 Å². The molecular formula is C18H21F2N5OS2. The predicted octanol–water partition coefficient (Wildman–Crippen LogP) is 4.06. The van der Waals surface area contributed by atoms with Crippen molar-refractivity contribution in [3.63, 3.8) is 0 Å². The van der Waals surface area contributed by atoms with Crippen molar-refractivity contribution in [2.24, 2.45) is 5.92 Å². The number of anilines is 2. The van der Waals surface area contributed by atoms with Crippen LogP contribution in [0.15, 0.2) is 23.4 Å². The van der Waals surface area contributed by atoms with E-state index in [1.54, 1.807) is 0 Å². The Balaban J connectivity index is 1.86. The molecule has 10 heteroatoms. The molecule has 0 saturated heterocycles. The molecule has 0 bridgehead atoms. The van der Waals surface area contributed by atoms with Crippen LogP contribution in [-0.2, 0) is 5.75 Å². The Morgan fingerprint density at radius 3 is 2.54 bits per heavy atom. The van der Waals surface area contributed by atoms with Crippen LogP contribution in [0.3, 0.4) is 0 Å². The minimum Gasteiger partial charge on any atom is -0.394 e. The molecule has 6 nitrogen and oxygen atoms in total. The van der Waals surface area contributed by atoms with Crippen LogP contribution in [0.2, 0.25) is 0 Å². The van der Waals surface area contributed by atoms with Crippen molar-refractivity contribution in [1.29, 1.82) is 0 Å². The molecule has 0 aliphatic heterocycles. The van der Waals surface area contributed by atoms with E-state index in [-0.39, 0.29) is 12.6 Å². The second-order valence-corrected chi connectivity index (χ2v) is 8.75. The fourth-order valence-electron chi connectivity index (χ4n) is 2.77. The Labute approximate surface area is 169 Å². The van der Waals surface area contributed by atoms with E-state index in [9.17, 15) is 13.9 Å². The molecule has 4 N–H and O–H groups in total. The zero-order chi connectivity index (χ0) is 20.3. The average molecular weight is 426 g/mol. The molecular weight excluding hydrogens is 404 g/mol. The van der Waals surface area contributed by atoms with Crippen molar-refractivity contribution in [3.8, 4) is 0 Å². The smallest absolute Gasteiger partial charge is 0.191 e. The Morgan fingerprint density at radius 2 is 1.89 bits per heavy atom. The number of thioether (sulfide) groups is 1. The van der Waals surface area contributed by atoms with Gasteiger partial charge in [-0.05, 0) is 30.0 Å². The third kappa shape index (κ3) is 5.27. The highest BCUT2D eigenvalue weighted by Crippen LogP contribution is 2.32. The first-order valence-corrected chi connectivity index (χ1v) is 10.5. The molecule has 1 aromatic carbocycles. The van der Waals surface area contributed by atoms with Gasteiger partial charge in [-0.2, -0.15) is 0 Å². The average Bonchev–Trinajstić information content (AvgIpc) is 2.98. The number of thiazole rings is 1. The lowest BCUT2D eigenvalue weighted by atomic mass is 10.0. The zero-order valence-electron chi connectivity index (χ0n) is 15.4. The molecule has 3 rings (SSSR count). The summed E-state index contributed by atoms with van der Waals surface area (Å²) in [7, 11) is 0. The third-order valence-corrected chi connectivity index (χ3v) is 5.66. The number of nitrogens with one attached hydrogen (secondary N) is 1. The maximum absolute atomic E-state index is 13.4. The number of nitrogens with two attached hydrogens (primary N) is 1. The highest BCUT2D eigenvalue weighted by atomic mass is 32.2. The van der Waals surface area contributed by atoms with E-state index in [0.29, 0.717) is 43.7 Å². The summed E-state index contributed by atoms with van der Waals surface area (Å²) in [6, 6.07) is 3.22. The molecule has 0 fully saturated rings. The summed E-state index contributed by atoms with van der Waals surface area (Å²) in [5.74, 6) is -0.00603. The van der Waals surface area contributed by atoms with E-state index in [1.165, 1.54) is 35.2 Å². The summed E-state index contributed by atoms with van der Waals surface area (Å²) in [6.45, 7) is 4.11. The van der Waals surface area contributed by atoms with Crippen molar-refractivity contribution in [1.82, 2.24) is 15.0 Å². The minimum absolute atomic E-state index is 0.0387. The molecule has 0 aliphatic carbocycles. The summed E-state index contributed by atoms with van der Waals surface area (Å²) < 4.78 is 27.5. The molecule has 28 heavy (non-hydrogen) atoms. The van der Waals surface area contributed by atoms with Gasteiger partial charge in [0.25, 0.3) is 0 Å². The van der Waals surface area contributed by atoms with Crippen LogP contribution in [0.25, 0.3) is 10.3 Å². The van der Waals surface area contributed by atoms with E-state index in [1.807, 2.05) is 0 Å². The molecule has 0 spiro atoms. The molecule has 2 aromatic heterocycles. The van der Waals surface area contributed by atoms with Crippen molar-refractivity contribution in [2.45, 2.75) is 37.2 Å². The van der Waals surface area contributed by atoms with Gasteiger partial charge in [-0.15, -0.1) is 0 Å². The Kier molecular flexibility index (Phi) is 6.63. The molecule has 0 radical (unpaired) electrons. The van der Waals surface area contributed by atoms with E-state index in [4.69, 9.17) is 5.73 Å². The van der Waals surface area contributed by atoms with Crippen molar-refractivity contribution < 1.29 is 13.9 Å². The van der Waals surface area contributed by atoms with Crippen molar-refractivity contribution >= 4 is 44.4 Å². The van der Waals surface area contributed by atoms with Gasteiger partial charge in [-0.1, -0.05) is 36.9 Å². The van der Waals surface area contributed by atoms with Gasteiger partial charge in [0.05, 0.1) is 12.6 Å². The maximum Gasteiger partial charge on any atom is 0.191 e. The quantitative estimate of drug-likeness (QED) is 0.370. The lowest BCUT2D eigenvalue weighted by molar-refractivity contribution is 0.259. The summed E-state index contributed by atoms with van der Waals surface area (Å²) in [5.41, 5.74) is 6.77. The maximum atomic E-state index is 13.4. The van der Waals surface area contributed by atoms with Crippen molar-refractivity contribution in [3.05, 3.63) is 35.4 Å². The van der Waals surface area contributed by atoms with Gasteiger partial charge >= 0.3 is 0 Å². The van der Waals surface area contributed by atoms with E-state index >= 15 is 0 Å². The number of benzene rings is 1. The van der Waals surface area contributed by atoms with Gasteiger partial charge in [0.15, 0.2) is 21.8 Å². The topological polar surface area (TPSA) is 97.0 Å². The monoisotopic (exact) mass is 425 g/mol. The number of aromatic nitrogens is 3. The van der Waals surface area contributed by atoms with Crippen LogP contribution in [0, 0.1) is 17.6 Å². The Hall–Kier alpha value is -2.04. The summed E-state index contributed by atoms with van der Waals surface area (Å²) in [4.78, 5) is 13.1. The number of aliphatic hydroxyl groups is 1. The Bertz CT molecular complexity index is 946. The molecule has 0 amide bonds. The van der Waals surface area contributed by atoms with Crippen LogP contribution in [0.1, 0.15) is 25.8 Å². The van der Waals surface area contributed by atoms with Crippen LogP contribution >= 0.6 is 23.1 Å². The van der Waals surface area contributed by atoms with E-state index < -0.39 is 11.6 Å². The summed E-state index contributed by atoms with van der Waals surface area (Å²) >= 11 is 2.51. The largest absolute Gasteiger partial charge is 0.394 e. The molecule has 3 aromatic rings. The summed E-state index contributed by atoms with van der Waals surface area (Å²) in [5, 5.41) is 13.7. The molecule has 1 unspecified atom stereocenters. The number of rotatable bonds is 8. The van der Waals surface area contributed by atoms with E-state index in [0.717, 1.165) is 12.5 Å². The summed E-state index contributed by atoms with van der Waals surface area (Å²) in [6.07, 6.45) is 0.765. The van der Waals surface area contributed by atoms with Crippen LogP contribution in [-0.4, -0.2) is 32.7 Å². The predicted molar refractivity (Wildman–Crippen MR) is 109 cm³/mol. The fraction of sp³-hybridized carbons (Fsp3) is 0.389. The van der Waals surface area contributed by atoms with Gasteiger partial charge in [-0.3, -0.25) is 0 Å². The fourth-order valence-corrected chi connectivity index (χ4v) is 4.26. The highest BCUT2D eigenvalue weighted by molar-refractivity contribution is 7.98. The minimum atomic E-state index is -0.624. The first kappa shape index (κ1) is 20.7. The van der Waals surface area contributed by atoms with Crippen LogP contribution in [0.4, 0.5) is 19.7 Å². The second kappa shape index (κ2) is 8.97. The van der Waals surface area contributed by atoms with E-state index in [2.05, 4.69) is 34.1 Å². The number of hydrogen-bond donors (Lipinski definition) is 3. The Morgan fingerprint density at radius 1 is 1.18 bits per heavy atom. The standard InChI is InChI=1S/C18H21F2N5OS2/c1-9(2)3-13(7-26)22-15-14-16(23-17(21)28-14)25-18(24-15)27-8-10-4-11(19)6-12(20)5-10/h4-6,9,13,26H,3,7-8H2,1-2H3,(H3,21,22,23,24,25). The molecule has 150 valence electrons. The zero-order valence-corrected chi connectivity index (χ0v) is 17.1. The second-order valence-electron chi connectivity index (χ2n) is 6.78. The molecule has 0 saturated carbocycles.